The molecule has 7 nitrogen and oxygen atoms in total. The van der Waals surface area contributed by atoms with Crippen LogP contribution in [0.3, 0.4) is 0 Å². The summed E-state index contributed by atoms with van der Waals surface area (Å²) < 4.78 is 53.3. The molecule has 0 bridgehead atoms. The Labute approximate surface area is 182 Å². The van der Waals surface area contributed by atoms with Crippen LogP contribution in [0.25, 0.3) is 0 Å². The Morgan fingerprint density at radius 2 is 2.03 bits per heavy atom. The number of aryl methyl sites for hydroxylation is 1. The molecule has 1 amide bonds. The van der Waals surface area contributed by atoms with Crippen LogP contribution in [-0.4, -0.2) is 42.3 Å². The molecule has 11 heteroatoms. The second kappa shape index (κ2) is 7.23. The number of carbonyl (C=O) groups excluding carboxylic acids is 1. The second-order valence-electron chi connectivity index (χ2n) is 7.88. The number of nitrogens with one attached hydrogen (secondary N) is 1. The number of alkyl halides is 1. The fourth-order valence-electron chi connectivity index (χ4n) is 3.86. The number of halogens is 3. The van der Waals surface area contributed by atoms with Gasteiger partial charge in [-0.05, 0) is 49.6 Å². The first-order valence-electron chi connectivity index (χ1n) is 9.41. The minimum Gasteiger partial charge on any atom is -0.386 e. The van der Waals surface area contributed by atoms with E-state index in [4.69, 9.17) is 17.3 Å². The van der Waals surface area contributed by atoms with E-state index in [1.807, 2.05) is 0 Å². The fourth-order valence-corrected chi connectivity index (χ4v) is 6.37. The summed E-state index contributed by atoms with van der Waals surface area (Å²) in [5.41, 5.74) is 4.35. The van der Waals surface area contributed by atoms with Crippen LogP contribution in [0.1, 0.15) is 34.5 Å². The van der Waals surface area contributed by atoms with E-state index in [9.17, 15) is 22.0 Å². The molecule has 2 aliphatic rings. The molecule has 1 spiro atoms. The highest BCUT2D eigenvalue weighted by atomic mass is 35.5. The molecule has 1 aliphatic heterocycles. The number of nitrogens with two attached hydrogens (primary N) is 1. The van der Waals surface area contributed by atoms with E-state index >= 15 is 0 Å². The Bertz CT molecular complexity index is 1230. The molecule has 3 N–H and O–H groups in total. The number of aromatic nitrogens is 1. The molecule has 2 heterocycles. The van der Waals surface area contributed by atoms with Crippen LogP contribution in [0.2, 0.25) is 5.02 Å². The summed E-state index contributed by atoms with van der Waals surface area (Å²) in [5.74, 6) is -2.35. The predicted octanol–water partition coefficient (Wildman–Crippen LogP) is 2.92. The number of sulfone groups is 1. The van der Waals surface area contributed by atoms with Crippen LogP contribution in [0, 0.1) is 12.7 Å². The number of carbonyl (C=O) groups is 1. The molecule has 1 aliphatic carbocycles. The van der Waals surface area contributed by atoms with Gasteiger partial charge in [0.1, 0.15) is 34.3 Å². The first kappa shape index (κ1) is 21.6. The Hall–Kier alpha value is -2.59. The molecular formula is C20H19ClF2N4O3S. The number of amidine groups is 1. The third kappa shape index (κ3) is 3.47. The monoisotopic (exact) mass is 468 g/mol. The zero-order valence-corrected chi connectivity index (χ0v) is 18.0. The normalized spacial score (nSPS) is 23.3. The van der Waals surface area contributed by atoms with Gasteiger partial charge in [0.25, 0.3) is 5.91 Å². The Balaban J connectivity index is 1.72. The maximum Gasteiger partial charge on any atom is 0.274 e. The lowest BCUT2D eigenvalue weighted by Gasteiger charge is -2.35. The van der Waals surface area contributed by atoms with Crippen molar-refractivity contribution < 1.29 is 22.0 Å². The van der Waals surface area contributed by atoms with Gasteiger partial charge < -0.3 is 11.1 Å². The molecular weight excluding hydrogens is 450 g/mol. The highest BCUT2D eigenvalue weighted by Crippen LogP contribution is 2.50. The van der Waals surface area contributed by atoms with Crippen LogP contribution < -0.4 is 11.1 Å². The molecule has 31 heavy (non-hydrogen) atoms. The average Bonchev–Trinajstić information content (AvgIpc) is 3.50. The maximum atomic E-state index is 14.7. The first-order valence-corrected chi connectivity index (χ1v) is 11.4. The van der Waals surface area contributed by atoms with Gasteiger partial charge in [-0.3, -0.25) is 9.79 Å². The SMILES string of the molecule is Cc1cc(Cl)cnc1C(=O)Nc1ccc(F)c(C2(CF)CS(=O)(=O)C3(CC3)C(N)=N2)c1. The van der Waals surface area contributed by atoms with Crippen molar-refractivity contribution in [3.05, 3.63) is 58.1 Å². The zero-order chi connectivity index (χ0) is 22.6. The molecule has 1 aromatic heterocycles. The van der Waals surface area contributed by atoms with Crippen LogP contribution in [-0.2, 0) is 15.4 Å². The molecule has 1 unspecified atom stereocenters. The Kier molecular flexibility index (Phi) is 5.05. The van der Waals surface area contributed by atoms with E-state index in [0.717, 1.165) is 6.07 Å². The van der Waals surface area contributed by atoms with Gasteiger partial charge in [-0.2, -0.15) is 0 Å². The van der Waals surface area contributed by atoms with Crippen LogP contribution in [0.15, 0.2) is 35.5 Å². The molecule has 1 fully saturated rings. The summed E-state index contributed by atoms with van der Waals surface area (Å²) >= 11 is 5.85. The Morgan fingerprint density at radius 1 is 1.32 bits per heavy atom. The van der Waals surface area contributed by atoms with E-state index in [1.54, 1.807) is 13.0 Å². The van der Waals surface area contributed by atoms with Gasteiger partial charge in [0.05, 0.1) is 10.8 Å². The quantitative estimate of drug-likeness (QED) is 0.716. The van der Waals surface area contributed by atoms with Crippen molar-refractivity contribution in [2.24, 2.45) is 10.7 Å². The molecule has 2 aromatic rings. The molecule has 1 saturated carbocycles. The number of hydrogen-bond donors (Lipinski definition) is 2. The van der Waals surface area contributed by atoms with Crippen LogP contribution in [0.5, 0.6) is 0 Å². The van der Waals surface area contributed by atoms with Gasteiger partial charge in [-0.15, -0.1) is 0 Å². The topological polar surface area (TPSA) is 115 Å². The summed E-state index contributed by atoms with van der Waals surface area (Å²) in [7, 11) is -3.84. The highest BCUT2D eigenvalue weighted by Gasteiger charge is 2.63. The van der Waals surface area contributed by atoms with Crippen molar-refractivity contribution in [1.29, 1.82) is 0 Å². The largest absolute Gasteiger partial charge is 0.386 e. The van der Waals surface area contributed by atoms with E-state index in [2.05, 4.69) is 15.3 Å². The van der Waals surface area contributed by atoms with Crippen molar-refractivity contribution in [2.45, 2.75) is 30.1 Å². The summed E-state index contributed by atoms with van der Waals surface area (Å²) in [6.45, 7) is 0.384. The number of pyridine rings is 1. The van der Waals surface area contributed by atoms with Crippen molar-refractivity contribution in [1.82, 2.24) is 4.98 Å². The van der Waals surface area contributed by atoms with Crippen molar-refractivity contribution in [2.75, 3.05) is 17.7 Å². The van der Waals surface area contributed by atoms with Gasteiger partial charge in [-0.1, -0.05) is 11.6 Å². The lowest BCUT2D eigenvalue weighted by atomic mass is 9.92. The zero-order valence-electron chi connectivity index (χ0n) is 16.5. The molecule has 0 radical (unpaired) electrons. The minimum atomic E-state index is -3.84. The van der Waals surface area contributed by atoms with Gasteiger partial charge in [0.2, 0.25) is 0 Å². The smallest absolute Gasteiger partial charge is 0.274 e. The van der Waals surface area contributed by atoms with E-state index in [-0.39, 0.29) is 22.8 Å². The van der Waals surface area contributed by atoms with Crippen molar-refractivity contribution in [3.8, 4) is 0 Å². The number of aliphatic imine (C=N–C) groups is 1. The van der Waals surface area contributed by atoms with Crippen LogP contribution in [0.4, 0.5) is 14.5 Å². The standard InChI is InChI=1S/C20H19ClF2N4O3S/c1-11-6-12(21)8-25-16(11)17(28)26-13-2-3-15(23)14(7-13)19(9-22)10-31(29,30)20(4-5-20)18(24)27-19/h2-3,6-8H,4-5,9-10H2,1H3,(H2,24,27)(H,26,28). The molecule has 1 atom stereocenters. The summed E-state index contributed by atoms with van der Waals surface area (Å²) in [4.78, 5) is 20.7. The third-order valence-electron chi connectivity index (χ3n) is 5.74. The summed E-state index contributed by atoms with van der Waals surface area (Å²) in [6, 6.07) is 5.04. The first-order chi connectivity index (χ1) is 14.5. The average molecular weight is 469 g/mol. The van der Waals surface area contributed by atoms with E-state index < -0.39 is 44.3 Å². The highest BCUT2D eigenvalue weighted by molar-refractivity contribution is 7.94. The van der Waals surface area contributed by atoms with Crippen LogP contribution >= 0.6 is 11.6 Å². The predicted molar refractivity (Wildman–Crippen MR) is 113 cm³/mol. The number of amides is 1. The molecule has 164 valence electrons. The summed E-state index contributed by atoms with van der Waals surface area (Å²) in [5, 5.41) is 2.93. The molecule has 1 aromatic carbocycles. The van der Waals surface area contributed by atoms with Crippen molar-refractivity contribution in [3.63, 3.8) is 0 Å². The molecule has 4 rings (SSSR count). The number of nitrogens with zero attached hydrogens (tertiary/aromatic N) is 2. The van der Waals surface area contributed by atoms with Gasteiger partial charge >= 0.3 is 0 Å². The Morgan fingerprint density at radius 3 is 2.61 bits per heavy atom. The van der Waals surface area contributed by atoms with Gasteiger partial charge in [0.15, 0.2) is 9.84 Å². The molecule has 0 saturated heterocycles. The van der Waals surface area contributed by atoms with Crippen molar-refractivity contribution >= 4 is 38.9 Å². The third-order valence-corrected chi connectivity index (χ3v) is 8.61. The van der Waals surface area contributed by atoms with E-state index in [0.29, 0.717) is 23.4 Å². The minimum absolute atomic E-state index is 0.105. The number of hydrogen-bond acceptors (Lipinski definition) is 6. The second-order valence-corrected chi connectivity index (χ2v) is 10.6. The lowest BCUT2D eigenvalue weighted by Crippen LogP contribution is -2.52. The van der Waals surface area contributed by atoms with Gasteiger partial charge in [0, 0.05) is 17.4 Å². The number of benzene rings is 1. The van der Waals surface area contributed by atoms with E-state index in [1.165, 1.54) is 18.3 Å². The summed E-state index contributed by atoms with van der Waals surface area (Å²) in [6.07, 6.45) is 1.95. The fraction of sp³-hybridized carbons (Fsp3) is 0.350. The lowest BCUT2D eigenvalue weighted by molar-refractivity contribution is 0.102. The van der Waals surface area contributed by atoms with Gasteiger partial charge in [-0.25, -0.2) is 22.2 Å². The maximum absolute atomic E-state index is 14.7. The number of anilines is 1. The number of rotatable bonds is 4.